The molecule has 0 aliphatic rings. The highest BCUT2D eigenvalue weighted by Crippen LogP contribution is 2.12. The Morgan fingerprint density at radius 2 is 1.77 bits per heavy atom. The first-order chi connectivity index (χ1) is 12.4. The number of aliphatic hydroxyl groups is 1. The molecule has 2 aromatic carbocycles. The summed E-state index contributed by atoms with van der Waals surface area (Å²) in [6.07, 6.45) is 0.651. The largest absolute Gasteiger partial charge is 0.390 e. The lowest BCUT2D eigenvalue weighted by Crippen LogP contribution is -2.44. The van der Waals surface area contributed by atoms with Crippen molar-refractivity contribution in [3.8, 4) is 0 Å². The minimum atomic E-state index is -1.01. The minimum Gasteiger partial charge on any atom is -0.390 e. The van der Waals surface area contributed by atoms with E-state index in [4.69, 9.17) is 5.73 Å². The van der Waals surface area contributed by atoms with Gasteiger partial charge in [-0.15, -0.1) is 0 Å². The van der Waals surface area contributed by atoms with Crippen molar-refractivity contribution in [1.82, 2.24) is 4.90 Å². The van der Waals surface area contributed by atoms with Crippen molar-refractivity contribution in [2.24, 2.45) is 5.73 Å². The molecule has 0 heterocycles. The molecule has 1 amide bonds. The Balaban J connectivity index is 1.96. The Morgan fingerprint density at radius 1 is 1.12 bits per heavy atom. The zero-order valence-corrected chi connectivity index (χ0v) is 14.7. The average Bonchev–Trinajstić information content (AvgIpc) is 2.60. The first-order valence-electron chi connectivity index (χ1n) is 8.57. The van der Waals surface area contributed by atoms with Crippen LogP contribution in [0.3, 0.4) is 0 Å². The van der Waals surface area contributed by atoms with Gasteiger partial charge >= 0.3 is 0 Å². The van der Waals surface area contributed by atoms with E-state index in [0.29, 0.717) is 18.5 Å². The van der Waals surface area contributed by atoms with E-state index < -0.39 is 23.8 Å². The number of hydrogen-bond acceptors (Lipinski definition) is 3. The summed E-state index contributed by atoms with van der Waals surface area (Å²) < 4.78 is 26.5. The molecule has 0 aliphatic heterocycles. The van der Waals surface area contributed by atoms with Gasteiger partial charge in [0.1, 0.15) is 11.6 Å². The summed E-state index contributed by atoms with van der Waals surface area (Å²) in [5.74, 6) is -1.38. The number of aliphatic hydroxyl groups excluding tert-OH is 1. The molecule has 0 aliphatic carbocycles. The quantitative estimate of drug-likeness (QED) is 0.673. The summed E-state index contributed by atoms with van der Waals surface area (Å²) in [7, 11) is 0. The van der Waals surface area contributed by atoms with Gasteiger partial charge < -0.3 is 15.7 Å². The molecule has 2 aromatic rings. The van der Waals surface area contributed by atoms with Crippen LogP contribution in [-0.4, -0.2) is 35.1 Å². The monoisotopic (exact) mass is 362 g/mol. The van der Waals surface area contributed by atoms with Crippen molar-refractivity contribution in [3.63, 3.8) is 0 Å². The van der Waals surface area contributed by atoms with Crippen molar-refractivity contribution in [2.75, 3.05) is 6.54 Å². The number of amides is 1. The van der Waals surface area contributed by atoms with Gasteiger partial charge in [0.25, 0.3) is 0 Å². The Kier molecular flexibility index (Phi) is 7.24. The van der Waals surface area contributed by atoms with E-state index in [9.17, 15) is 18.7 Å². The predicted octanol–water partition coefficient (Wildman–Crippen LogP) is 2.42. The number of carbonyl (C=O) groups is 1. The maximum Gasteiger partial charge on any atom is 0.210 e. The highest BCUT2D eigenvalue weighted by Gasteiger charge is 2.19. The van der Waals surface area contributed by atoms with E-state index in [0.717, 1.165) is 18.1 Å². The zero-order chi connectivity index (χ0) is 19.1. The molecule has 0 bridgehead atoms. The lowest BCUT2D eigenvalue weighted by atomic mass is 10.0. The number of hydrogen-bond donors (Lipinski definition) is 2. The molecule has 4 nitrogen and oxygen atoms in total. The van der Waals surface area contributed by atoms with Crippen molar-refractivity contribution < 1.29 is 18.7 Å². The molecule has 0 unspecified atom stereocenters. The first-order valence-corrected chi connectivity index (χ1v) is 8.57. The van der Waals surface area contributed by atoms with Crippen LogP contribution in [-0.2, 0) is 24.2 Å². The van der Waals surface area contributed by atoms with Crippen molar-refractivity contribution in [1.29, 1.82) is 0 Å². The summed E-state index contributed by atoms with van der Waals surface area (Å²) in [6, 6.07) is 10.3. The van der Waals surface area contributed by atoms with E-state index in [-0.39, 0.29) is 13.0 Å². The molecule has 6 heteroatoms. The van der Waals surface area contributed by atoms with Crippen molar-refractivity contribution in [2.45, 2.75) is 38.5 Å². The van der Waals surface area contributed by atoms with Gasteiger partial charge in [-0.3, -0.25) is 4.79 Å². The Labute approximate surface area is 152 Å². The lowest BCUT2D eigenvalue weighted by molar-refractivity contribution is -0.120. The second-order valence-electron chi connectivity index (χ2n) is 6.42. The standard InChI is InChI=1S/C20H24F2N2O2/c1-2-14-4-3-5-15(6-14)11-24(13-25)12-20(26)19(23)9-16-7-17(21)10-18(22)8-16/h3-8,10,13,19-20,26H,2,9,11-12,23H2,1H3/t19-,20+/m0/s1. The molecular formula is C20H24F2N2O2. The number of benzene rings is 2. The summed E-state index contributed by atoms with van der Waals surface area (Å²) in [6.45, 7) is 2.45. The van der Waals surface area contributed by atoms with E-state index in [1.54, 1.807) is 0 Å². The highest BCUT2D eigenvalue weighted by molar-refractivity contribution is 5.47. The fourth-order valence-corrected chi connectivity index (χ4v) is 2.84. The third-order valence-electron chi connectivity index (χ3n) is 4.24. The Bertz CT molecular complexity index is 719. The molecule has 0 spiro atoms. The molecule has 2 atom stereocenters. The number of nitrogens with two attached hydrogens (primary N) is 1. The van der Waals surface area contributed by atoms with Crippen molar-refractivity contribution in [3.05, 3.63) is 70.8 Å². The average molecular weight is 362 g/mol. The molecule has 0 fully saturated rings. The van der Waals surface area contributed by atoms with Gasteiger partial charge in [-0.05, 0) is 41.7 Å². The summed E-state index contributed by atoms with van der Waals surface area (Å²) in [5.41, 5.74) is 8.45. The van der Waals surface area contributed by atoms with E-state index in [1.807, 2.05) is 24.3 Å². The number of carbonyl (C=O) groups excluding carboxylic acids is 1. The third kappa shape index (κ3) is 5.89. The lowest BCUT2D eigenvalue weighted by Gasteiger charge is -2.25. The van der Waals surface area contributed by atoms with Gasteiger partial charge in [-0.25, -0.2) is 8.78 Å². The third-order valence-corrected chi connectivity index (χ3v) is 4.24. The van der Waals surface area contributed by atoms with Gasteiger partial charge in [-0.1, -0.05) is 31.2 Å². The molecule has 140 valence electrons. The second kappa shape index (κ2) is 9.40. The van der Waals surface area contributed by atoms with Crippen LogP contribution >= 0.6 is 0 Å². The van der Waals surface area contributed by atoms with Gasteiger partial charge in [0.05, 0.1) is 6.10 Å². The molecular weight excluding hydrogens is 338 g/mol. The molecule has 0 saturated heterocycles. The van der Waals surface area contributed by atoms with E-state index in [1.165, 1.54) is 22.6 Å². The van der Waals surface area contributed by atoms with Gasteiger partial charge in [0.2, 0.25) is 6.41 Å². The van der Waals surface area contributed by atoms with Crippen LogP contribution in [0.25, 0.3) is 0 Å². The number of nitrogens with zero attached hydrogens (tertiary/aromatic N) is 1. The van der Waals surface area contributed by atoms with E-state index in [2.05, 4.69) is 6.92 Å². The van der Waals surface area contributed by atoms with Crippen LogP contribution in [0.1, 0.15) is 23.6 Å². The summed E-state index contributed by atoms with van der Waals surface area (Å²) in [4.78, 5) is 12.8. The maximum absolute atomic E-state index is 13.3. The zero-order valence-electron chi connectivity index (χ0n) is 14.7. The van der Waals surface area contributed by atoms with Crippen LogP contribution in [0.2, 0.25) is 0 Å². The van der Waals surface area contributed by atoms with Crippen LogP contribution in [0.4, 0.5) is 8.78 Å². The molecule has 26 heavy (non-hydrogen) atoms. The highest BCUT2D eigenvalue weighted by atomic mass is 19.1. The number of halogens is 2. The maximum atomic E-state index is 13.3. The number of rotatable bonds is 9. The predicted molar refractivity (Wildman–Crippen MR) is 96.3 cm³/mol. The van der Waals surface area contributed by atoms with Crippen molar-refractivity contribution >= 4 is 6.41 Å². The number of aryl methyl sites for hydroxylation is 1. The van der Waals surface area contributed by atoms with Crippen LogP contribution in [0.5, 0.6) is 0 Å². The topological polar surface area (TPSA) is 66.6 Å². The fourth-order valence-electron chi connectivity index (χ4n) is 2.84. The fraction of sp³-hybridized carbons (Fsp3) is 0.350. The van der Waals surface area contributed by atoms with Gasteiger partial charge in [0, 0.05) is 25.2 Å². The molecule has 0 aromatic heterocycles. The second-order valence-corrected chi connectivity index (χ2v) is 6.42. The SMILES string of the molecule is CCc1cccc(CN(C=O)C[C@@H](O)[C@@H](N)Cc2cc(F)cc(F)c2)c1. The van der Waals surface area contributed by atoms with E-state index >= 15 is 0 Å². The van der Waals surface area contributed by atoms with Crippen LogP contribution in [0, 0.1) is 11.6 Å². The minimum absolute atomic E-state index is 0.0405. The van der Waals surface area contributed by atoms with Gasteiger partial charge in [0.15, 0.2) is 0 Å². The molecule has 2 rings (SSSR count). The Hall–Kier alpha value is -2.31. The summed E-state index contributed by atoms with van der Waals surface area (Å²) in [5, 5.41) is 10.3. The van der Waals surface area contributed by atoms with Crippen LogP contribution < -0.4 is 5.73 Å². The van der Waals surface area contributed by atoms with Crippen LogP contribution in [0.15, 0.2) is 42.5 Å². The smallest absolute Gasteiger partial charge is 0.210 e. The Morgan fingerprint density at radius 3 is 2.38 bits per heavy atom. The molecule has 0 radical (unpaired) electrons. The first kappa shape index (κ1) is 20.0. The molecule has 0 saturated carbocycles. The normalized spacial score (nSPS) is 13.3. The summed E-state index contributed by atoms with van der Waals surface area (Å²) >= 11 is 0. The van der Waals surface area contributed by atoms with Gasteiger partial charge in [-0.2, -0.15) is 0 Å². The molecule has 3 N–H and O–H groups in total.